The summed E-state index contributed by atoms with van der Waals surface area (Å²) in [7, 11) is 0. The van der Waals surface area contributed by atoms with Gasteiger partial charge in [0.2, 0.25) is 0 Å². The first-order valence-electron chi connectivity index (χ1n) is 16.7. The molecule has 0 spiro atoms. The number of carbonyl (C=O) groups excluding carboxylic acids is 1. The number of nitrogens with one attached hydrogen (secondary N) is 2. The van der Waals surface area contributed by atoms with Crippen molar-refractivity contribution in [2.24, 2.45) is 11.7 Å². The first-order valence-corrected chi connectivity index (χ1v) is 16.7. The van der Waals surface area contributed by atoms with Crippen molar-refractivity contribution < 1.29 is 22.7 Å². The number of hydrogen-bond donors (Lipinski definition) is 3. The highest BCUT2D eigenvalue weighted by Crippen LogP contribution is 2.31. The zero-order valence-corrected chi connectivity index (χ0v) is 28.2. The molecule has 4 aromatic carbocycles. The zero-order valence-electron chi connectivity index (χ0n) is 28.2. The molecule has 0 aliphatic heterocycles. The van der Waals surface area contributed by atoms with Crippen LogP contribution in [0, 0.1) is 12.8 Å². The van der Waals surface area contributed by atoms with Gasteiger partial charge in [0.15, 0.2) is 5.78 Å². The van der Waals surface area contributed by atoms with Crippen molar-refractivity contribution in [3.05, 3.63) is 155 Å². The van der Waals surface area contributed by atoms with Crippen molar-refractivity contribution in [1.29, 1.82) is 0 Å². The van der Waals surface area contributed by atoms with Gasteiger partial charge in [0.05, 0.1) is 17.3 Å². The summed E-state index contributed by atoms with van der Waals surface area (Å²) < 4.78 is 43.9. The number of carbonyl (C=O) groups is 1. The molecule has 49 heavy (non-hydrogen) atoms. The third-order valence-electron chi connectivity index (χ3n) is 8.02. The number of rotatable bonds is 15. The van der Waals surface area contributed by atoms with Gasteiger partial charge in [0.1, 0.15) is 12.4 Å². The molecule has 5 nitrogen and oxygen atoms in total. The molecule has 258 valence electrons. The van der Waals surface area contributed by atoms with E-state index in [2.05, 4.69) is 78.7 Å². The average Bonchev–Trinajstić information content (AvgIpc) is 3.93. The Morgan fingerprint density at radius 1 is 0.939 bits per heavy atom. The minimum Gasteiger partial charge on any atom is -0.489 e. The second-order valence-corrected chi connectivity index (χ2v) is 12.3. The normalized spacial score (nSPS) is 13.6. The van der Waals surface area contributed by atoms with E-state index in [1.54, 1.807) is 31.2 Å². The maximum Gasteiger partial charge on any atom is 0.415 e. The lowest BCUT2D eigenvalue weighted by Gasteiger charge is -2.21. The van der Waals surface area contributed by atoms with E-state index >= 15 is 0 Å². The van der Waals surface area contributed by atoms with Crippen LogP contribution in [-0.4, -0.2) is 18.5 Å². The number of ketones is 1. The molecule has 1 aliphatic rings. The first-order chi connectivity index (χ1) is 23.5. The van der Waals surface area contributed by atoms with Crippen molar-refractivity contribution in [1.82, 2.24) is 5.32 Å². The molecule has 0 saturated heterocycles. The number of anilines is 1. The van der Waals surface area contributed by atoms with E-state index in [4.69, 9.17) is 10.5 Å². The lowest BCUT2D eigenvalue weighted by Crippen LogP contribution is -2.24. The number of nitrogens with two attached hydrogens (primary N) is 1. The minimum atomic E-state index is -4.57. The number of aryl methyl sites for hydroxylation is 1. The number of ether oxygens (including phenoxy) is 1. The predicted molar refractivity (Wildman–Crippen MR) is 192 cm³/mol. The number of allylic oxidation sites excluding steroid dienone is 3. The second kappa shape index (κ2) is 18.2. The molecule has 4 N–H and O–H groups in total. The molecule has 0 aromatic heterocycles. The van der Waals surface area contributed by atoms with Crippen LogP contribution in [0.1, 0.15) is 66.5 Å². The van der Waals surface area contributed by atoms with Crippen molar-refractivity contribution in [2.45, 2.75) is 64.9 Å². The fourth-order valence-corrected chi connectivity index (χ4v) is 5.14. The molecule has 1 atom stereocenters. The molecule has 0 amide bonds. The van der Waals surface area contributed by atoms with Crippen molar-refractivity contribution >= 4 is 11.5 Å². The van der Waals surface area contributed by atoms with Gasteiger partial charge < -0.3 is 21.1 Å². The summed E-state index contributed by atoms with van der Waals surface area (Å²) in [5.41, 5.74) is 10.7. The Balaban J connectivity index is 0.000000227. The highest BCUT2D eigenvalue weighted by molar-refractivity contribution is 5.98. The van der Waals surface area contributed by atoms with Gasteiger partial charge in [0.25, 0.3) is 0 Å². The monoisotopic (exact) mass is 669 g/mol. The largest absolute Gasteiger partial charge is 0.489 e. The van der Waals surface area contributed by atoms with Crippen LogP contribution in [0.25, 0.3) is 0 Å². The Hall–Kier alpha value is -4.66. The fourth-order valence-electron chi connectivity index (χ4n) is 5.14. The number of benzene rings is 4. The van der Waals surface area contributed by atoms with Crippen molar-refractivity contribution in [3.8, 4) is 5.75 Å². The molecular weight excluding hydrogens is 623 g/mol. The Labute approximate surface area is 288 Å². The summed E-state index contributed by atoms with van der Waals surface area (Å²) in [6, 6.07) is 34.7. The van der Waals surface area contributed by atoms with Gasteiger partial charge in [-0.05, 0) is 91.2 Å². The van der Waals surface area contributed by atoms with Gasteiger partial charge in [0, 0.05) is 18.7 Å². The van der Waals surface area contributed by atoms with Gasteiger partial charge in [-0.3, -0.25) is 4.79 Å². The molecule has 8 heteroatoms. The van der Waals surface area contributed by atoms with Crippen LogP contribution < -0.4 is 21.1 Å². The van der Waals surface area contributed by atoms with E-state index in [1.165, 1.54) is 35.1 Å². The Morgan fingerprint density at radius 2 is 1.61 bits per heavy atom. The lowest BCUT2D eigenvalue weighted by atomic mass is 9.97. The smallest absolute Gasteiger partial charge is 0.415 e. The molecule has 0 heterocycles. The molecular formula is C41H46F3N3O2. The maximum absolute atomic E-state index is 12.6. The lowest BCUT2D eigenvalue weighted by molar-refractivity contribution is -0.115. The van der Waals surface area contributed by atoms with Crippen LogP contribution in [0.4, 0.5) is 18.9 Å². The Morgan fingerprint density at radius 3 is 2.27 bits per heavy atom. The average molecular weight is 670 g/mol. The molecule has 0 radical (unpaired) electrons. The summed E-state index contributed by atoms with van der Waals surface area (Å²) >= 11 is 0. The topological polar surface area (TPSA) is 76.4 Å². The van der Waals surface area contributed by atoms with Crippen molar-refractivity contribution in [3.63, 3.8) is 0 Å². The van der Waals surface area contributed by atoms with Gasteiger partial charge in [-0.1, -0.05) is 97.9 Å². The SMILES string of the molecule is C=C(/C=C(\Nc1cccc(CN)c1)C(=O)CCC)C(F)(F)F.Cc1cccc(C(NCC2CC2)c2cccc(OCc3ccccc3)c2)c1. The molecule has 1 fully saturated rings. The Bertz CT molecular complexity index is 1700. The maximum atomic E-state index is 12.6. The summed E-state index contributed by atoms with van der Waals surface area (Å²) in [6.45, 7) is 8.87. The van der Waals surface area contributed by atoms with Gasteiger partial charge >= 0.3 is 6.18 Å². The third-order valence-corrected chi connectivity index (χ3v) is 8.02. The summed E-state index contributed by atoms with van der Waals surface area (Å²) in [6.07, 6.45) is -0.424. The standard InChI is InChI=1S/C25H27NO.C16H19F3N2O/c1-19-7-5-10-22(15-19)25(26-17-20-13-14-20)23-11-6-12-24(16-23)27-18-21-8-3-2-4-9-21;1-3-5-15(22)14(8-11(2)16(17,18)19)21-13-7-4-6-12(9-13)10-20/h2-12,15-16,20,25-26H,13-14,17-18H2,1H3;4,6-9,21H,2-3,5,10,20H2,1H3/b;14-8-. The summed E-state index contributed by atoms with van der Waals surface area (Å²) in [5, 5.41) is 6.52. The van der Waals surface area contributed by atoms with E-state index in [1.807, 2.05) is 24.3 Å². The van der Waals surface area contributed by atoms with Crippen LogP contribution >= 0.6 is 0 Å². The Kier molecular flexibility index (Phi) is 13.8. The summed E-state index contributed by atoms with van der Waals surface area (Å²) in [5.74, 6) is 1.36. The van der Waals surface area contributed by atoms with E-state index in [9.17, 15) is 18.0 Å². The molecule has 0 bridgehead atoms. The van der Waals surface area contributed by atoms with E-state index < -0.39 is 17.5 Å². The predicted octanol–water partition coefficient (Wildman–Crippen LogP) is 9.59. The van der Waals surface area contributed by atoms with Crippen LogP contribution in [0.2, 0.25) is 0 Å². The minimum absolute atomic E-state index is 0.127. The highest BCUT2D eigenvalue weighted by atomic mass is 19.4. The zero-order chi connectivity index (χ0) is 35.2. The van der Waals surface area contributed by atoms with Crippen LogP contribution in [0.5, 0.6) is 5.75 Å². The van der Waals surface area contributed by atoms with Gasteiger partial charge in [-0.2, -0.15) is 13.2 Å². The number of Topliss-reactive ketones (excluding diaryl/α,β-unsaturated/α-hetero) is 1. The number of halogens is 3. The van der Waals surface area contributed by atoms with E-state index in [-0.39, 0.29) is 18.2 Å². The summed E-state index contributed by atoms with van der Waals surface area (Å²) in [4.78, 5) is 12.0. The van der Waals surface area contributed by atoms with Crippen LogP contribution in [0.3, 0.4) is 0 Å². The van der Waals surface area contributed by atoms with E-state index in [0.29, 0.717) is 25.3 Å². The third kappa shape index (κ3) is 12.4. The highest BCUT2D eigenvalue weighted by Gasteiger charge is 2.31. The molecule has 4 aromatic rings. The van der Waals surface area contributed by atoms with Gasteiger partial charge in [-0.25, -0.2) is 0 Å². The second-order valence-electron chi connectivity index (χ2n) is 12.3. The van der Waals surface area contributed by atoms with E-state index in [0.717, 1.165) is 29.9 Å². The fraction of sp³-hybridized carbons (Fsp3) is 0.293. The molecule has 1 unspecified atom stereocenters. The number of hydrogen-bond acceptors (Lipinski definition) is 5. The van der Waals surface area contributed by atoms with Crippen LogP contribution in [0.15, 0.2) is 127 Å². The quantitative estimate of drug-likeness (QED) is 0.0868. The van der Waals surface area contributed by atoms with Crippen LogP contribution in [-0.2, 0) is 17.9 Å². The first kappa shape index (κ1) is 37.2. The molecule has 1 aliphatic carbocycles. The van der Waals surface area contributed by atoms with Crippen molar-refractivity contribution in [2.75, 3.05) is 11.9 Å². The molecule has 5 rings (SSSR count). The van der Waals surface area contributed by atoms with Gasteiger partial charge in [-0.15, -0.1) is 0 Å². The number of alkyl halides is 3. The molecule has 1 saturated carbocycles.